The monoisotopic (exact) mass is 563 g/mol. The molecule has 0 spiro atoms. The number of fused-ring (bicyclic) bond motifs is 1. The van der Waals surface area contributed by atoms with Crippen LogP contribution in [0.15, 0.2) is 77.8 Å². The van der Waals surface area contributed by atoms with Crippen molar-refractivity contribution in [3.05, 3.63) is 78.5 Å². The van der Waals surface area contributed by atoms with Crippen LogP contribution in [0.5, 0.6) is 5.75 Å². The summed E-state index contributed by atoms with van der Waals surface area (Å²) >= 11 is 0. The Morgan fingerprint density at radius 2 is 1.88 bits per heavy atom. The largest absolute Gasteiger partial charge is 0.491 e. The van der Waals surface area contributed by atoms with Crippen LogP contribution in [0.3, 0.4) is 0 Å². The molecule has 0 aliphatic carbocycles. The van der Waals surface area contributed by atoms with Crippen LogP contribution in [0.1, 0.15) is 24.8 Å². The van der Waals surface area contributed by atoms with Gasteiger partial charge in [-0.2, -0.15) is 8.42 Å². The number of rotatable bonds is 11. The highest BCUT2D eigenvalue weighted by Gasteiger charge is 2.24. The molecule has 2 atom stereocenters. The van der Waals surface area contributed by atoms with Gasteiger partial charge in [-0.3, -0.25) is 4.18 Å². The Morgan fingerprint density at radius 1 is 1.02 bits per heavy atom. The molecule has 1 fully saturated rings. The molecule has 5 rings (SSSR count). The zero-order chi connectivity index (χ0) is 28.0. The zero-order valence-electron chi connectivity index (χ0n) is 22.6. The Bertz CT molecular complexity index is 1520. The van der Waals surface area contributed by atoms with E-state index in [2.05, 4.69) is 10.3 Å². The molecule has 10 heteroatoms. The number of pyridine rings is 2. The molecule has 2 aromatic heterocycles. The van der Waals surface area contributed by atoms with Crippen LogP contribution >= 0.6 is 0 Å². The number of aromatic nitrogens is 2. The van der Waals surface area contributed by atoms with Crippen molar-refractivity contribution in [1.29, 1.82) is 0 Å². The van der Waals surface area contributed by atoms with E-state index in [0.717, 1.165) is 52.8 Å². The molecule has 210 valence electrons. The molecule has 0 bridgehead atoms. The highest BCUT2D eigenvalue weighted by Crippen LogP contribution is 2.25. The van der Waals surface area contributed by atoms with Gasteiger partial charge in [0.15, 0.2) is 6.29 Å². The second-order valence-electron chi connectivity index (χ2n) is 9.65. The normalized spacial score (nSPS) is 16.5. The molecule has 4 aromatic rings. The van der Waals surface area contributed by atoms with E-state index in [-0.39, 0.29) is 18.1 Å². The summed E-state index contributed by atoms with van der Waals surface area (Å²) in [6, 6.07) is 20.0. The number of hydrogen-bond donors (Lipinski definition) is 1. The SMILES string of the molecule is CNc1ccc(-c2ccc3cc(OC[C@@H](COS(=O)(=O)c4ccc(C)cc4)OC4CCCCO4)ccc3n2)cn1. The minimum absolute atomic E-state index is 0.0871. The Kier molecular flexibility index (Phi) is 8.91. The summed E-state index contributed by atoms with van der Waals surface area (Å²) in [5, 5.41) is 3.92. The van der Waals surface area contributed by atoms with Gasteiger partial charge in [-0.1, -0.05) is 23.8 Å². The predicted molar refractivity (Wildman–Crippen MR) is 153 cm³/mol. The number of benzene rings is 2. The summed E-state index contributed by atoms with van der Waals surface area (Å²) in [5.41, 5.74) is 3.53. The molecule has 1 aliphatic rings. The van der Waals surface area contributed by atoms with E-state index in [4.69, 9.17) is 23.4 Å². The lowest BCUT2D eigenvalue weighted by atomic mass is 10.1. The first-order valence-electron chi connectivity index (χ1n) is 13.3. The van der Waals surface area contributed by atoms with Gasteiger partial charge in [0.2, 0.25) is 0 Å². The summed E-state index contributed by atoms with van der Waals surface area (Å²) < 4.78 is 48.7. The number of nitrogens with zero attached hydrogens (tertiary/aromatic N) is 2. The predicted octanol–water partition coefficient (Wildman–Crippen LogP) is 5.34. The fourth-order valence-electron chi connectivity index (χ4n) is 4.33. The van der Waals surface area contributed by atoms with Crippen molar-refractivity contribution in [3.63, 3.8) is 0 Å². The van der Waals surface area contributed by atoms with Crippen molar-refractivity contribution in [1.82, 2.24) is 9.97 Å². The highest BCUT2D eigenvalue weighted by molar-refractivity contribution is 7.86. The van der Waals surface area contributed by atoms with Crippen molar-refractivity contribution in [2.45, 2.75) is 43.5 Å². The quantitative estimate of drug-likeness (QED) is 0.242. The maximum atomic E-state index is 12.8. The molecular formula is C30H33N3O6S. The second-order valence-corrected chi connectivity index (χ2v) is 11.3. The summed E-state index contributed by atoms with van der Waals surface area (Å²) in [4.78, 5) is 9.22. The molecule has 3 heterocycles. The number of hydrogen-bond acceptors (Lipinski definition) is 9. The molecule has 9 nitrogen and oxygen atoms in total. The van der Waals surface area contributed by atoms with Crippen molar-refractivity contribution in [3.8, 4) is 17.0 Å². The van der Waals surface area contributed by atoms with Gasteiger partial charge in [0.25, 0.3) is 10.1 Å². The molecular weight excluding hydrogens is 530 g/mol. The lowest BCUT2D eigenvalue weighted by molar-refractivity contribution is -0.198. The second kappa shape index (κ2) is 12.7. The minimum Gasteiger partial charge on any atom is -0.491 e. The lowest BCUT2D eigenvalue weighted by Gasteiger charge is -2.27. The Balaban J connectivity index is 1.26. The first-order valence-corrected chi connectivity index (χ1v) is 14.7. The van der Waals surface area contributed by atoms with E-state index in [1.54, 1.807) is 18.3 Å². The fraction of sp³-hybridized carbons (Fsp3) is 0.333. The van der Waals surface area contributed by atoms with Crippen molar-refractivity contribution < 1.29 is 26.8 Å². The summed E-state index contributed by atoms with van der Waals surface area (Å²) in [6.07, 6.45) is 3.39. The van der Waals surface area contributed by atoms with Crippen LogP contribution in [-0.4, -0.2) is 57.6 Å². The van der Waals surface area contributed by atoms with E-state index in [9.17, 15) is 8.42 Å². The van der Waals surface area contributed by atoms with Crippen LogP contribution in [0.2, 0.25) is 0 Å². The average molecular weight is 564 g/mol. The third kappa shape index (κ3) is 7.14. The van der Waals surface area contributed by atoms with Crippen LogP contribution < -0.4 is 10.1 Å². The van der Waals surface area contributed by atoms with Gasteiger partial charge in [-0.05, 0) is 74.7 Å². The third-order valence-corrected chi connectivity index (χ3v) is 7.91. The molecule has 1 saturated heterocycles. The number of anilines is 1. The van der Waals surface area contributed by atoms with Gasteiger partial charge in [-0.15, -0.1) is 0 Å². The Hall–Kier alpha value is -3.57. The van der Waals surface area contributed by atoms with Crippen LogP contribution in [0.25, 0.3) is 22.2 Å². The van der Waals surface area contributed by atoms with Crippen LogP contribution in [0, 0.1) is 6.92 Å². The molecule has 1 N–H and O–H groups in total. The first-order chi connectivity index (χ1) is 19.4. The van der Waals surface area contributed by atoms with Crippen molar-refractivity contribution in [2.75, 3.05) is 32.2 Å². The molecule has 40 heavy (non-hydrogen) atoms. The van der Waals surface area contributed by atoms with Gasteiger partial charge in [0.1, 0.15) is 24.3 Å². The van der Waals surface area contributed by atoms with Crippen molar-refractivity contribution in [2.24, 2.45) is 0 Å². The maximum absolute atomic E-state index is 12.8. The highest BCUT2D eigenvalue weighted by atomic mass is 32.2. The fourth-order valence-corrected chi connectivity index (χ4v) is 5.27. The lowest BCUT2D eigenvalue weighted by Crippen LogP contribution is -2.35. The van der Waals surface area contributed by atoms with Gasteiger partial charge in [0, 0.05) is 30.8 Å². The van der Waals surface area contributed by atoms with Gasteiger partial charge in [0.05, 0.1) is 22.7 Å². The Morgan fingerprint density at radius 3 is 2.60 bits per heavy atom. The first kappa shape index (κ1) is 28.0. The van der Waals surface area contributed by atoms with E-state index >= 15 is 0 Å². The molecule has 0 radical (unpaired) electrons. The van der Waals surface area contributed by atoms with E-state index in [0.29, 0.717) is 12.4 Å². The van der Waals surface area contributed by atoms with E-state index in [1.165, 1.54) is 12.1 Å². The van der Waals surface area contributed by atoms with Crippen LogP contribution in [-0.2, 0) is 23.8 Å². The Labute approximate surface area is 234 Å². The number of aryl methyl sites for hydroxylation is 1. The topological polar surface area (TPSA) is 109 Å². The maximum Gasteiger partial charge on any atom is 0.297 e. The number of nitrogens with one attached hydrogen (secondary N) is 1. The third-order valence-electron chi connectivity index (χ3n) is 6.61. The zero-order valence-corrected chi connectivity index (χ0v) is 23.4. The smallest absolute Gasteiger partial charge is 0.297 e. The molecule has 2 aromatic carbocycles. The minimum atomic E-state index is -3.95. The molecule has 1 unspecified atom stereocenters. The summed E-state index contributed by atoms with van der Waals surface area (Å²) in [7, 11) is -2.12. The molecule has 1 aliphatic heterocycles. The van der Waals surface area contributed by atoms with Crippen molar-refractivity contribution >= 4 is 26.8 Å². The standard InChI is InChI=1S/C30H33N3O6S/c1-21-6-11-26(12-7-21)40(34,35)38-20-25(39-30-5-3-4-16-36-30)19-37-24-10-14-27-22(17-24)8-13-28(33-27)23-9-15-29(31-2)32-18-23/h6-15,17-18,25,30H,3-5,16,19-20H2,1-2H3,(H,31,32)/t25-,30?/m0/s1. The average Bonchev–Trinajstić information content (AvgIpc) is 2.99. The summed E-state index contributed by atoms with van der Waals surface area (Å²) in [6.45, 7) is 2.39. The molecule has 0 amide bonds. The van der Waals surface area contributed by atoms with Gasteiger partial charge < -0.3 is 19.5 Å². The summed E-state index contributed by atoms with van der Waals surface area (Å²) in [5.74, 6) is 1.41. The molecule has 0 saturated carbocycles. The van der Waals surface area contributed by atoms with E-state index < -0.39 is 22.5 Å². The van der Waals surface area contributed by atoms with E-state index in [1.807, 2.05) is 56.4 Å². The van der Waals surface area contributed by atoms with Gasteiger partial charge >= 0.3 is 0 Å². The number of ether oxygens (including phenoxy) is 3. The van der Waals surface area contributed by atoms with Gasteiger partial charge in [-0.25, -0.2) is 9.97 Å². The van der Waals surface area contributed by atoms with Crippen LogP contribution in [0.4, 0.5) is 5.82 Å².